The van der Waals surface area contributed by atoms with Gasteiger partial charge in [0, 0.05) is 38.7 Å². The molecule has 1 atom stereocenters. The van der Waals surface area contributed by atoms with Crippen molar-refractivity contribution in [2.24, 2.45) is 0 Å². The summed E-state index contributed by atoms with van der Waals surface area (Å²) in [6.45, 7) is 21.6. The van der Waals surface area contributed by atoms with Gasteiger partial charge in [-0.3, -0.25) is 0 Å². The van der Waals surface area contributed by atoms with Gasteiger partial charge in [-0.05, 0) is 187 Å². The number of aryl methyl sites for hydroxylation is 2. The van der Waals surface area contributed by atoms with Crippen LogP contribution in [0.2, 0.25) is 0 Å². The van der Waals surface area contributed by atoms with Crippen molar-refractivity contribution in [2.75, 3.05) is 4.81 Å². The van der Waals surface area contributed by atoms with E-state index in [9.17, 15) is 0 Å². The highest BCUT2D eigenvalue weighted by molar-refractivity contribution is 6.92. The lowest BCUT2D eigenvalue weighted by molar-refractivity contribution is 0.332. The number of rotatable bonds is 1. The minimum Gasteiger partial charge on any atom is -0.455 e. The molecule has 0 spiro atoms. The number of fused-ring (bicyclic) bond motifs is 17. The van der Waals surface area contributed by atoms with Crippen LogP contribution in [0.25, 0.3) is 76.9 Å². The molecule has 0 saturated carbocycles. The fraction of sp³-hybridized carbons (Fsp3) is 0.303. The molecule has 0 saturated heterocycles. The van der Waals surface area contributed by atoms with E-state index in [0.717, 1.165) is 59.4 Å². The molecular formula is C66H60BNO2. The maximum absolute atomic E-state index is 7.42. The fourth-order valence-electron chi connectivity index (χ4n) is 14.9. The van der Waals surface area contributed by atoms with E-state index < -0.39 is 0 Å². The van der Waals surface area contributed by atoms with E-state index >= 15 is 0 Å². The summed E-state index contributed by atoms with van der Waals surface area (Å²) in [6.07, 6.45) is 6.73. The number of benzene rings is 8. The number of hydrogen-bond donors (Lipinski definition) is 0. The van der Waals surface area contributed by atoms with E-state index in [4.69, 9.17) is 8.83 Å². The molecule has 1 unspecified atom stereocenters. The zero-order chi connectivity index (χ0) is 47.5. The van der Waals surface area contributed by atoms with Crippen LogP contribution in [0.15, 0.2) is 130 Å². The van der Waals surface area contributed by atoms with Gasteiger partial charge in [-0.2, -0.15) is 0 Å². The summed E-state index contributed by atoms with van der Waals surface area (Å²) >= 11 is 0. The van der Waals surface area contributed by atoms with Crippen molar-refractivity contribution in [3.05, 3.63) is 166 Å². The second kappa shape index (κ2) is 13.5. The Hall–Kier alpha value is -6.52. The highest BCUT2D eigenvalue weighted by atomic mass is 16.3. The Balaban J connectivity index is 1.05. The van der Waals surface area contributed by atoms with E-state index in [1.54, 1.807) is 0 Å². The van der Waals surface area contributed by atoms with Crippen molar-refractivity contribution in [3.8, 4) is 22.3 Å². The Labute approximate surface area is 412 Å². The summed E-state index contributed by atoms with van der Waals surface area (Å²) in [6, 6.07) is 47.5. The highest BCUT2D eigenvalue weighted by Gasteiger charge is 2.48. The van der Waals surface area contributed by atoms with Crippen LogP contribution in [-0.4, -0.2) is 6.85 Å². The fourth-order valence-corrected chi connectivity index (χ4v) is 14.9. The number of hydrogen-bond acceptors (Lipinski definition) is 3. The molecule has 3 aliphatic carbocycles. The van der Waals surface area contributed by atoms with Gasteiger partial charge in [-0.1, -0.05) is 140 Å². The molecule has 344 valence electrons. The van der Waals surface area contributed by atoms with Crippen LogP contribution in [0.1, 0.15) is 138 Å². The third-order valence-electron chi connectivity index (χ3n) is 18.9. The predicted molar refractivity (Wildman–Crippen MR) is 295 cm³/mol. The molecular weight excluding hydrogens is 850 g/mol. The molecule has 3 nitrogen and oxygen atoms in total. The van der Waals surface area contributed by atoms with Gasteiger partial charge in [0.05, 0.1) is 5.69 Å². The molecule has 8 aromatic carbocycles. The molecule has 70 heavy (non-hydrogen) atoms. The number of furan rings is 2. The minimum absolute atomic E-state index is 0.0717. The number of para-hydroxylation sites is 1. The van der Waals surface area contributed by atoms with E-state index in [0.29, 0.717) is 0 Å². The van der Waals surface area contributed by atoms with Crippen molar-refractivity contribution in [1.82, 2.24) is 0 Å². The van der Waals surface area contributed by atoms with Crippen molar-refractivity contribution in [3.63, 3.8) is 0 Å². The maximum Gasteiger partial charge on any atom is 0.329 e. The quantitative estimate of drug-likeness (QED) is 0.154. The van der Waals surface area contributed by atoms with E-state index in [2.05, 4.69) is 188 Å². The number of anilines is 2. The average Bonchev–Trinajstić information content (AvgIpc) is 3.85. The monoisotopic (exact) mass is 909 g/mol. The summed E-state index contributed by atoms with van der Waals surface area (Å²) in [5.41, 5.74) is 26.0. The van der Waals surface area contributed by atoms with Crippen molar-refractivity contribution in [1.29, 1.82) is 0 Å². The summed E-state index contributed by atoms with van der Waals surface area (Å²) < 4.78 is 14.8. The van der Waals surface area contributed by atoms with Crippen LogP contribution in [0.5, 0.6) is 0 Å². The third-order valence-corrected chi connectivity index (χ3v) is 18.9. The molecule has 4 heteroatoms. The second-order valence-corrected chi connectivity index (χ2v) is 24.8. The van der Waals surface area contributed by atoms with Crippen molar-refractivity contribution >= 4 is 83.8 Å². The topological polar surface area (TPSA) is 29.5 Å². The lowest BCUT2D eigenvalue weighted by atomic mass is 9.39. The summed E-state index contributed by atoms with van der Waals surface area (Å²) in [4.78, 5) is 2.68. The standard InChI is InChI=1S/C66H60BNO2/c1-36-30-47-42-23-22-39-38-15-11-10-14-37(38)20-21-40(39)41-16-12-18-53(58(41)42)67-60(47)48(31-36)59-54(25-24-44-46-33-50-52(35-57(46)70-62(44)59)66(8,9)29-27-64(50,4)5)68(67)55-19-13-17-43-45-32-49-51(34-56(45)69-61(43)55)65(6,7)28-26-63(49,2)3/h10-21,24-25,30-35,42H,22-23,26-29H2,1-9H3. The third kappa shape index (κ3) is 5.33. The average molecular weight is 910 g/mol. The first-order valence-electron chi connectivity index (χ1n) is 26.2. The van der Waals surface area contributed by atoms with Crippen molar-refractivity contribution in [2.45, 2.75) is 128 Å². The Morgan fingerprint density at radius 2 is 1.13 bits per heavy atom. The smallest absolute Gasteiger partial charge is 0.329 e. The summed E-state index contributed by atoms with van der Waals surface area (Å²) in [7, 11) is 0. The van der Waals surface area contributed by atoms with Gasteiger partial charge in [0.15, 0.2) is 5.58 Å². The molecule has 0 bridgehead atoms. The van der Waals surface area contributed by atoms with Crippen LogP contribution < -0.4 is 15.7 Å². The zero-order valence-electron chi connectivity index (χ0n) is 42.2. The first-order chi connectivity index (χ1) is 33.6. The normalized spacial score (nSPS) is 19.7. The van der Waals surface area contributed by atoms with E-state index in [1.807, 2.05) is 0 Å². The molecule has 2 aromatic heterocycles. The highest BCUT2D eigenvalue weighted by Crippen LogP contribution is 2.55. The molecule has 0 N–H and O–H groups in total. The first kappa shape index (κ1) is 41.3. The largest absolute Gasteiger partial charge is 0.455 e. The lowest BCUT2D eigenvalue weighted by Gasteiger charge is -2.44. The van der Waals surface area contributed by atoms with Gasteiger partial charge in [0.25, 0.3) is 0 Å². The van der Waals surface area contributed by atoms with Crippen LogP contribution in [0.3, 0.4) is 0 Å². The predicted octanol–water partition coefficient (Wildman–Crippen LogP) is 16.6. The van der Waals surface area contributed by atoms with Gasteiger partial charge in [0.1, 0.15) is 16.7 Å². The van der Waals surface area contributed by atoms with Crippen molar-refractivity contribution < 1.29 is 8.83 Å². The second-order valence-electron chi connectivity index (χ2n) is 24.8. The SMILES string of the molecule is Cc1cc2c3c(c1)C1CCc4c(ccc5ccccc45)-c4cccc(c41)B3N(c1cccc3c1oc1cc4c(cc13)C(C)(C)CCC4(C)C)c1ccc3c(oc4cc5c(cc43)C(C)(C)CCC5(C)C)c1-2. The van der Waals surface area contributed by atoms with E-state index in [1.165, 1.54) is 123 Å². The van der Waals surface area contributed by atoms with Crippen LogP contribution in [0, 0.1) is 6.92 Å². The van der Waals surface area contributed by atoms with Gasteiger partial charge in [-0.15, -0.1) is 0 Å². The molecule has 0 fully saturated rings. The maximum atomic E-state index is 7.42. The van der Waals surface area contributed by atoms with Gasteiger partial charge in [-0.25, -0.2) is 0 Å². The van der Waals surface area contributed by atoms with Gasteiger partial charge >= 0.3 is 6.85 Å². The minimum atomic E-state index is -0.105. The number of nitrogens with zero attached hydrogens (tertiary/aromatic N) is 1. The van der Waals surface area contributed by atoms with Crippen LogP contribution in [0.4, 0.5) is 11.4 Å². The Morgan fingerprint density at radius 1 is 0.514 bits per heavy atom. The molecule has 0 radical (unpaired) electrons. The Bertz CT molecular complexity index is 4000. The van der Waals surface area contributed by atoms with Crippen LogP contribution in [-0.2, 0) is 28.1 Å². The zero-order valence-corrected chi connectivity index (χ0v) is 42.2. The molecule has 2 aliphatic heterocycles. The van der Waals surface area contributed by atoms with Crippen LogP contribution >= 0.6 is 0 Å². The Morgan fingerprint density at radius 3 is 1.83 bits per heavy atom. The molecule has 15 rings (SSSR count). The first-order valence-corrected chi connectivity index (χ1v) is 26.2. The van der Waals surface area contributed by atoms with Gasteiger partial charge < -0.3 is 13.6 Å². The summed E-state index contributed by atoms with van der Waals surface area (Å²) in [5.74, 6) is 0.233. The molecule has 0 amide bonds. The molecule has 4 heterocycles. The summed E-state index contributed by atoms with van der Waals surface area (Å²) in [5, 5.41) is 7.49. The molecule has 5 aliphatic rings. The lowest BCUT2D eigenvalue weighted by Crippen LogP contribution is -2.62. The van der Waals surface area contributed by atoms with Gasteiger partial charge in [0.2, 0.25) is 0 Å². The Kier molecular flexibility index (Phi) is 7.94. The molecule has 10 aromatic rings. The van der Waals surface area contributed by atoms with E-state index in [-0.39, 0.29) is 34.4 Å².